The maximum Gasteiger partial charge on any atom is 0.142 e. The molecule has 3 heteroatoms. The molecule has 0 aliphatic carbocycles. The number of fused-ring (bicyclic) bond motifs is 1. The molecule has 0 aliphatic heterocycles. The van der Waals surface area contributed by atoms with Crippen molar-refractivity contribution in [1.82, 2.24) is 10.3 Å². The van der Waals surface area contributed by atoms with Crippen molar-refractivity contribution < 1.29 is 4.74 Å². The summed E-state index contributed by atoms with van der Waals surface area (Å²) in [6.07, 6.45) is 3.14. The summed E-state index contributed by atoms with van der Waals surface area (Å²) in [6, 6.07) is 4.13. The molecule has 0 fully saturated rings. The van der Waals surface area contributed by atoms with Crippen LogP contribution in [-0.2, 0) is 6.42 Å². The minimum Gasteiger partial charge on any atom is -0.495 e. The fourth-order valence-corrected chi connectivity index (χ4v) is 2.24. The summed E-state index contributed by atoms with van der Waals surface area (Å²) in [6.45, 7) is 6.31. The molecule has 0 radical (unpaired) electrons. The summed E-state index contributed by atoms with van der Waals surface area (Å²) in [7, 11) is 1.71. The van der Waals surface area contributed by atoms with Gasteiger partial charge in [0, 0.05) is 11.6 Å². The second kappa shape index (κ2) is 5.23. The molecule has 1 aromatic heterocycles. The molecule has 0 bridgehead atoms. The van der Waals surface area contributed by atoms with E-state index in [0.717, 1.165) is 30.8 Å². The topological polar surface area (TPSA) is 37.0 Å². The van der Waals surface area contributed by atoms with Gasteiger partial charge in [-0.25, -0.2) is 0 Å². The lowest BCUT2D eigenvalue weighted by Gasteiger charge is -2.06. The van der Waals surface area contributed by atoms with Crippen LogP contribution in [0.4, 0.5) is 0 Å². The predicted octanol–water partition coefficient (Wildman–Crippen LogP) is 2.64. The minimum atomic E-state index is 0.917. The van der Waals surface area contributed by atoms with Crippen molar-refractivity contribution in [2.45, 2.75) is 20.3 Å². The van der Waals surface area contributed by atoms with Gasteiger partial charge in [0.1, 0.15) is 5.75 Å². The van der Waals surface area contributed by atoms with E-state index in [4.69, 9.17) is 4.74 Å². The monoisotopic (exact) mass is 232 g/mol. The Bertz CT molecular complexity index is 502. The van der Waals surface area contributed by atoms with Crippen LogP contribution in [0.15, 0.2) is 18.3 Å². The average Bonchev–Trinajstić information content (AvgIpc) is 2.75. The molecule has 1 heterocycles. The molecule has 92 valence electrons. The Hall–Kier alpha value is -1.48. The summed E-state index contributed by atoms with van der Waals surface area (Å²) in [4.78, 5) is 3.32. The van der Waals surface area contributed by atoms with E-state index in [2.05, 4.69) is 36.4 Å². The third-order valence-corrected chi connectivity index (χ3v) is 3.13. The van der Waals surface area contributed by atoms with Gasteiger partial charge in [0.15, 0.2) is 0 Å². The predicted molar refractivity (Wildman–Crippen MR) is 71.8 cm³/mol. The van der Waals surface area contributed by atoms with Crippen LogP contribution in [0.1, 0.15) is 18.1 Å². The average molecular weight is 232 g/mol. The zero-order chi connectivity index (χ0) is 12.3. The van der Waals surface area contributed by atoms with E-state index >= 15 is 0 Å². The molecule has 0 saturated carbocycles. The summed E-state index contributed by atoms with van der Waals surface area (Å²) in [5.41, 5.74) is 3.77. The minimum absolute atomic E-state index is 0.917. The Morgan fingerprint density at radius 2 is 2.18 bits per heavy atom. The highest BCUT2D eigenvalue weighted by molar-refractivity contribution is 5.91. The van der Waals surface area contributed by atoms with E-state index in [1.807, 2.05) is 6.07 Å². The fourth-order valence-electron chi connectivity index (χ4n) is 2.24. The van der Waals surface area contributed by atoms with Crippen LogP contribution >= 0.6 is 0 Å². The molecule has 3 nitrogen and oxygen atoms in total. The van der Waals surface area contributed by atoms with Gasteiger partial charge in [0.05, 0.1) is 12.6 Å². The first-order valence-electron chi connectivity index (χ1n) is 6.12. The zero-order valence-corrected chi connectivity index (χ0v) is 10.8. The van der Waals surface area contributed by atoms with Gasteiger partial charge in [-0.2, -0.15) is 0 Å². The van der Waals surface area contributed by atoms with Crippen LogP contribution in [0.25, 0.3) is 10.9 Å². The van der Waals surface area contributed by atoms with Gasteiger partial charge in [-0.3, -0.25) is 0 Å². The molecule has 0 aliphatic rings. The Kier molecular flexibility index (Phi) is 3.69. The lowest BCUT2D eigenvalue weighted by Crippen LogP contribution is -2.15. The molecule has 0 atom stereocenters. The number of rotatable bonds is 5. The molecule has 2 N–H and O–H groups in total. The van der Waals surface area contributed by atoms with Gasteiger partial charge in [0.25, 0.3) is 0 Å². The summed E-state index contributed by atoms with van der Waals surface area (Å²) >= 11 is 0. The van der Waals surface area contributed by atoms with Gasteiger partial charge in [0.2, 0.25) is 0 Å². The standard InChI is InChI=1S/C14H20N2O/c1-4-15-8-7-11-9-16-14-12(17-3)6-5-10(2)13(11)14/h5-6,9,15-16H,4,7-8H2,1-3H3. The number of H-pyrrole nitrogens is 1. The largest absolute Gasteiger partial charge is 0.495 e. The second-order valence-corrected chi connectivity index (χ2v) is 4.25. The Balaban J connectivity index is 2.37. The van der Waals surface area contributed by atoms with Crippen molar-refractivity contribution in [2.75, 3.05) is 20.2 Å². The first kappa shape index (κ1) is 12.0. The first-order chi connectivity index (χ1) is 8.27. The van der Waals surface area contributed by atoms with Crippen LogP contribution in [-0.4, -0.2) is 25.2 Å². The number of ether oxygens (including phenoxy) is 1. The zero-order valence-electron chi connectivity index (χ0n) is 10.8. The highest BCUT2D eigenvalue weighted by Gasteiger charge is 2.10. The van der Waals surface area contributed by atoms with Crippen LogP contribution < -0.4 is 10.1 Å². The number of aryl methyl sites for hydroxylation is 1. The summed E-state index contributed by atoms with van der Waals surface area (Å²) in [5, 5.41) is 4.66. The smallest absolute Gasteiger partial charge is 0.142 e. The molecule has 1 aromatic carbocycles. The molecule has 0 saturated heterocycles. The van der Waals surface area contributed by atoms with Crippen LogP contribution in [0.2, 0.25) is 0 Å². The Morgan fingerprint density at radius 3 is 2.88 bits per heavy atom. The van der Waals surface area contributed by atoms with E-state index in [1.54, 1.807) is 7.11 Å². The molecule has 2 aromatic rings. The number of aromatic amines is 1. The maximum absolute atomic E-state index is 5.37. The maximum atomic E-state index is 5.37. The normalized spacial score (nSPS) is 11.0. The van der Waals surface area contributed by atoms with Gasteiger partial charge >= 0.3 is 0 Å². The van der Waals surface area contributed by atoms with E-state index in [0.29, 0.717) is 0 Å². The van der Waals surface area contributed by atoms with E-state index < -0.39 is 0 Å². The number of nitrogens with one attached hydrogen (secondary N) is 2. The van der Waals surface area contributed by atoms with Crippen LogP contribution in [0.3, 0.4) is 0 Å². The molecule has 0 amide bonds. The number of benzene rings is 1. The van der Waals surface area contributed by atoms with Gasteiger partial charge in [-0.1, -0.05) is 13.0 Å². The SMILES string of the molecule is CCNCCc1c[nH]c2c(OC)ccc(C)c12. The van der Waals surface area contributed by atoms with Gasteiger partial charge < -0.3 is 15.0 Å². The molecule has 2 rings (SSSR count). The third kappa shape index (κ3) is 2.29. The Morgan fingerprint density at radius 1 is 1.35 bits per heavy atom. The number of hydrogen-bond acceptors (Lipinski definition) is 2. The molecular formula is C14H20N2O. The van der Waals surface area contributed by atoms with Crippen LogP contribution in [0, 0.1) is 6.92 Å². The Labute approximate surface area is 102 Å². The molecule has 17 heavy (non-hydrogen) atoms. The lowest BCUT2D eigenvalue weighted by atomic mass is 10.0. The fraction of sp³-hybridized carbons (Fsp3) is 0.429. The van der Waals surface area contributed by atoms with Crippen molar-refractivity contribution in [2.24, 2.45) is 0 Å². The number of likely N-dealkylation sites (N-methyl/N-ethyl adjacent to an activating group) is 1. The third-order valence-electron chi connectivity index (χ3n) is 3.13. The quantitative estimate of drug-likeness (QED) is 0.778. The highest BCUT2D eigenvalue weighted by atomic mass is 16.5. The van der Waals surface area contributed by atoms with Crippen molar-refractivity contribution in [3.05, 3.63) is 29.5 Å². The van der Waals surface area contributed by atoms with Gasteiger partial charge in [-0.15, -0.1) is 0 Å². The molecule has 0 spiro atoms. The number of methoxy groups -OCH3 is 1. The number of hydrogen-bond donors (Lipinski definition) is 2. The van der Waals surface area contributed by atoms with Crippen molar-refractivity contribution in [3.63, 3.8) is 0 Å². The van der Waals surface area contributed by atoms with E-state index in [-0.39, 0.29) is 0 Å². The van der Waals surface area contributed by atoms with E-state index in [1.165, 1.54) is 16.5 Å². The lowest BCUT2D eigenvalue weighted by molar-refractivity contribution is 0.419. The number of aromatic nitrogens is 1. The second-order valence-electron chi connectivity index (χ2n) is 4.25. The molecular weight excluding hydrogens is 212 g/mol. The highest BCUT2D eigenvalue weighted by Crippen LogP contribution is 2.30. The molecule has 0 unspecified atom stereocenters. The van der Waals surface area contributed by atoms with Crippen molar-refractivity contribution in [1.29, 1.82) is 0 Å². The van der Waals surface area contributed by atoms with Crippen molar-refractivity contribution in [3.8, 4) is 5.75 Å². The van der Waals surface area contributed by atoms with E-state index in [9.17, 15) is 0 Å². The summed E-state index contributed by atoms with van der Waals surface area (Å²) in [5.74, 6) is 0.917. The van der Waals surface area contributed by atoms with Gasteiger partial charge in [-0.05, 0) is 43.6 Å². The van der Waals surface area contributed by atoms with Crippen LogP contribution in [0.5, 0.6) is 5.75 Å². The summed E-state index contributed by atoms with van der Waals surface area (Å²) < 4.78 is 5.37. The van der Waals surface area contributed by atoms with Crippen molar-refractivity contribution >= 4 is 10.9 Å². The first-order valence-corrected chi connectivity index (χ1v) is 6.12.